The maximum Gasteiger partial charge on any atom is 0.319 e. The number of ether oxygens (including phenoxy) is 1. The molecule has 0 radical (unpaired) electrons. The number of carbonyl (C=O) groups is 3. The van der Waals surface area contributed by atoms with Gasteiger partial charge in [0.2, 0.25) is 11.8 Å². The molecule has 0 aliphatic carbocycles. The monoisotopic (exact) mass is 386 g/mol. The van der Waals surface area contributed by atoms with Crippen molar-refractivity contribution in [3.8, 4) is 5.88 Å². The molecule has 140 valence electrons. The molecule has 0 spiro atoms. The number of nitrogens with zero attached hydrogens (tertiary/aromatic N) is 2. The highest BCUT2D eigenvalue weighted by atomic mass is 32.2. The number of rotatable bonds is 6. The van der Waals surface area contributed by atoms with Gasteiger partial charge in [-0.25, -0.2) is 9.78 Å². The van der Waals surface area contributed by atoms with Crippen LogP contribution in [-0.4, -0.2) is 39.9 Å². The minimum Gasteiger partial charge on any atom is -0.481 e. The van der Waals surface area contributed by atoms with Crippen molar-refractivity contribution in [3.05, 3.63) is 53.7 Å². The van der Waals surface area contributed by atoms with E-state index in [1.54, 1.807) is 36.5 Å². The molecule has 1 aromatic heterocycles. The largest absolute Gasteiger partial charge is 0.481 e. The van der Waals surface area contributed by atoms with Gasteiger partial charge in [-0.05, 0) is 23.8 Å². The number of nitrogens with one attached hydrogen (secondary N) is 2. The molecule has 0 saturated carbocycles. The third-order valence-corrected chi connectivity index (χ3v) is 4.73. The van der Waals surface area contributed by atoms with E-state index in [9.17, 15) is 14.4 Å². The zero-order valence-electron chi connectivity index (χ0n) is 14.6. The molecule has 1 aliphatic rings. The molecule has 1 aromatic carbocycles. The van der Waals surface area contributed by atoms with Crippen LogP contribution in [0, 0.1) is 0 Å². The molecule has 4 amide bonds. The van der Waals surface area contributed by atoms with E-state index in [-0.39, 0.29) is 36.0 Å². The molecule has 27 heavy (non-hydrogen) atoms. The van der Waals surface area contributed by atoms with Crippen LogP contribution in [0.1, 0.15) is 11.1 Å². The van der Waals surface area contributed by atoms with Crippen LogP contribution in [0.2, 0.25) is 0 Å². The Bertz CT molecular complexity index is 841. The van der Waals surface area contributed by atoms with E-state index >= 15 is 0 Å². The number of anilines is 1. The lowest BCUT2D eigenvalue weighted by molar-refractivity contribution is -0.125. The Morgan fingerprint density at radius 2 is 2.04 bits per heavy atom. The van der Waals surface area contributed by atoms with E-state index in [1.807, 2.05) is 6.07 Å². The van der Waals surface area contributed by atoms with Crippen molar-refractivity contribution in [2.45, 2.75) is 13.1 Å². The zero-order valence-corrected chi connectivity index (χ0v) is 15.4. The topological polar surface area (TPSA) is 101 Å². The number of hydrogen-bond acceptors (Lipinski definition) is 6. The molecule has 0 atom stereocenters. The van der Waals surface area contributed by atoms with Crippen LogP contribution >= 0.6 is 11.8 Å². The minimum absolute atomic E-state index is 0.183. The molecule has 9 heteroatoms. The number of pyridine rings is 1. The molecule has 1 aliphatic heterocycles. The van der Waals surface area contributed by atoms with Gasteiger partial charge in [-0.15, -0.1) is 0 Å². The van der Waals surface area contributed by atoms with Crippen LogP contribution in [0.5, 0.6) is 5.88 Å². The van der Waals surface area contributed by atoms with Crippen LogP contribution in [-0.2, 0) is 17.9 Å². The summed E-state index contributed by atoms with van der Waals surface area (Å²) in [5, 5.41) is 5.23. The zero-order chi connectivity index (χ0) is 19.2. The Balaban J connectivity index is 1.52. The molecule has 2 aromatic rings. The standard InChI is InChI=1S/C18H18N4O4S/c1-26-16-13(3-2-8-19-16)9-20-17(24)21-14-6-4-12(5-7-14)10-22-15(23)11-27-18(22)25/h2-8H,9-11H2,1H3,(H2,20,21,24). The van der Waals surface area contributed by atoms with Crippen molar-refractivity contribution in [1.82, 2.24) is 15.2 Å². The van der Waals surface area contributed by atoms with Gasteiger partial charge in [-0.2, -0.15) is 0 Å². The molecule has 0 bridgehead atoms. The number of benzene rings is 1. The fraction of sp³-hybridized carbons (Fsp3) is 0.222. The molecule has 1 fully saturated rings. The number of urea groups is 1. The van der Waals surface area contributed by atoms with Gasteiger partial charge in [0.25, 0.3) is 5.24 Å². The van der Waals surface area contributed by atoms with Gasteiger partial charge in [0, 0.05) is 24.0 Å². The predicted octanol–water partition coefficient (Wildman–Crippen LogP) is 2.61. The Morgan fingerprint density at radius 1 is 1.26 bits per heavy atom. The quantitative estimate of drug-likeness (QED) is 0.791. The first-order chi connectivity index (χ1) is 13.1. The third kappa shape index (κ3) is 4.76. The summed E-state index contributed by atoms with van der Waals surface area (Å²) in [6.07, 6.45) is 1.62. The average molecular weight is 386 g/mol. The second-order valence-corrected chi connectivity index (χ2v) is 6.64. The lowest BCUT2D eigenvalue weighted by Gasteiger charge is -2.13. The number of thioether (sulfide) groups is 1. The maximum atomic E-state index is 12.1. The summed E-state index contributed by atoms with van der Waals surface area (Å²) in [5.74, 6) is 0.476. The van der Waals surface area contributed by atoms with Crippen LogP contribution < -0.4 is 15.4 Å². The number of aromatic nitrogens is 1. The van der Waals surface area contributed by atoms with Gasteiger partial charge in [-0.1, -0.05) is 30.0 Å². The molecule has 2 heterocycles. The smallest absolute Gasteiger partial charge is 0.319 e. The van der Waals surface area contributed by atoms with Crippen LogP contribution in [0.4, 0.5) is 15.3 Å². The molecule has 2 N–H and O–H groups in total. The van der Waals surface area contributed by atoms with Crippen LogP contribution in [0.15, 0.2) is 42.6 Å². The van der Waals surface area contributed by atoms with E-state index in [4.69, 9.17) is 4.74 Å². The van der Waals surface area contributed by atoms with E-state index in [0.29, 0.717) is 11.6 Å². The summed E-state index contributed by atoms with van der Waals surface area (Å²) in [7, 11) is 1.52. The van der Waals surface area contributed by atoms with Gasteiger partial charge < -0.3 is 15.4 Å². The number of imide groups is 1. The first kappa shape index (κ1) is 18.7. The predicted molar refractivity (Wildman–Crippen MR) is 101 cm³/mol. The first-order valence-electron chi connectivity index (χ1n) is 8.15. The fourth-order valence-corrected chi connectivity index (χ4v) is 3.23. The van der Waals surface area contributed by atoms with Crippen LogP contribution in [0.25, 0.3) is 0 Å². The van der Waals surface area contributed by atoms with Gasteiger partial charge in [0.15, 0.2) is 0 Å². The van der Waals surface area contributed by atoms with Crippen molar-refractivity contribution in [3.63, 3.8) is 0 Å². The average Bonchev–Trinajstić information content (AvgIpc) is 3.00. The molecule has 8 nitrogen and oxygen atoms in total. The maximum absolute atomic E-state index is 12.1. The van der Waals surface area contributed by atoms with E-state index in [1.165, 1.54) is 12.0 Å². The Hall–Kier alpha value is -3.07. The summed E-state index contributed by atoms with van der Waals surface area (Å²) in [4.78, 5) is 40.6. The summed E-state index contributed by atoms with van der Waals surface area (Å²) >= 11 is 1.01. The number of amides is 4. The Labute approximate surface area is 160 Å². The Kier molecular flexibility index (Phi) is 5.92. The summed E-state index contributed by atoms with van der Waals surface area (Å²) in [5.41, 5.74) is 2.18. The minimum atomic E-state index is -0.366. The fourth-order valence-electron chi connectivity index (χ4n) is 2.50. The summed E-state index contributed by atoms with van der Waals surface area (Å²) in [6, 6.07) is 10.2. The van der Waals surface area contributed by atoms with E-state index < -0.39 is 0 Å². The van der Waals surface area contributed by atoms with Crippen LogP contribution in [0.3, 0.4) is 0 Å². The SMILES string of the molecule is COc1ncccc1CNC(=O)Nc1ccc(CN2C(=O)CSC2=O)cc1. The second-order valence-electron chi connectivity index (χ2n) is 5.71. The molecular weight excluding hydrogens is 368 g/mol. The highest BCUT2D eigenvalue weighted by Gasteiger charge is 2.29. The van der Waals surface area contributed by atoms with Gasteiger partial charge in [0.05, 0.1) is 19.4 Å². The highest BCUT2D eigenvalue weighted by molar-refractivity contribution is 8.14. The van der Waals surface area contributed by atoms with Gasteiger partial charge >= 0.3 is 6.03 Å². The molecular formula is C18H18N4O4S. The van der Waals surface area contributed by atoms with Gasteiger partial charge in [-0.3, -0.25) is 14.5 Å². The summed E-state index contributed by atoms with van der Waals surface area (Å²) < 4.78 is 5.14. The van der Waals surface area contributed by atoms with Crippen molar-refractivity contribution in [2.24, 2.45) is 0 Å². The summed E-state index contributed by atoms with van der Waals surface area (Å²) in [6.45, 7) is 0.510. The van der Waals surface area contributed by atoms with Gasteiger partial charge in [0.1, 0.15) is 0 Å². The van der Waals surface area contributed by atoms with Crippen molar-refractivity contribution in [2.75, 3.05) is 18.2 Å². The molecule has 3 rings (SSSR count). The number of methoxy groups -OCH3 is 1. The lowest BCUT2D eigenvalue weighted by Crippen LogP contribution is -2.28. The normalized spacial score (nSPS) is 13.6. The first-order valence-corrected chi connectivity index (χ1v) is 9.14. The Morgan fingerprint density at radius 3 is 2.70 bits per heavy atom. The van der Waals surface area contributed by atoms with Crippen molar-refractivity contribution >= 4 is 34.6 Å². The van der Waals surface area contributed by atoms with E-state index in [0.717, 1.165) is 22.9 Å². The molecule has 1 saturated heterocycles. The van der Waals surface area contributed by atoms with Crippen molar-refractivity contribution in [1.29, 1.82) is 0 Å². The lowest BCUT2D eigenvalue weighted by atomic mass is 10.2. The molecule has 0 unspecified atom stereocenters. The van der Waals surface area contributed by atoms with E-state index in [2.05, 4.69) is 15.6 Å². The third-order valence-electron chi connectivity index (χ3n) is 3.88. The highest BCUT2D eigenvalue weighted by Crippen LogP contribution is 2.22. The second kappa shape index (κ2) is 8.54. The number of carbonyl (C=O) groups excluding carboxylic acids is 3. The number of hydrogen-bond donors (Lipinski definition) is 2. The van der Waals surface area contributed by atoms with Crippen molar-refractivity contribution < 1.29 is 19.1 Å².